The average molecular weight is 482 g/mol. The number of nitrogens with zero attached hydrogens (tertiary/aromatic N) is 2. The Morgan fingerprint density at radius 3 is 2.53 bits per heavy atom. The lowest BCUT2D eigenvalue weighted by Gasteiger charge is -2.34. The van der Waals surface area contributed by atoms with E-state index in [0.29, 0.717) is 11.3 Å². The number of rotatable bonds is 3. The Morgan fingerprint density at radius 2 is 1.88 bits per heavy atom. The number of sulfonamides is 1. The van der Waals surface area contributed by atoms with Crippen LogP contribution < -0.4 is 10.1 Å². The molecule has 0 radical (unpaired) electrons. The zero-order valence-corrected chi connectivity index (χ0v) is 19.0. The summed E-state index contributed by atoms with van der Waals surface area (Å²) in [5.41, 5.74) is 0.964. The van der Waals surface area contributed by atoms with Crippen LogP contribution in [0.2, 0.25) is 5.02 Å². The van der Waals surface area contributed by atoms with E-state index in [-0.39, 0.29) is 59.2 Å². The summed E-state index contributed by atoms with van der Waals surface area (Å²) >= 11 is 6.22. The topological polar surface area (TPSA) is 96.0 Å². The van der Waals surface area contributed by atoms with E-state index in [9.17, 15) is 22.4 Å². The minimum atomic E-state index is -3.97. The van der Waals surface area contributed by atoms with Gasteiger partial charge in [-0.05, 0) is 37.6 Å². The predicted molar refractivity (Wildman–Crippen MR) is 116 cm³/mol. The zero-order valence-electron chi connectivity index (χ0n) is 17.4. The van der Waals surface area contributed by atoms with Crippen LogP contribution >= 0.6 is 11.6 Å². The zero-order chi connectivity index (χ0) is 23.2. The first-order valence-corrected chi connectivity index (χ1v) is 11.8. The molecule has 0 aliphatic carbocycles. The Balaban J connectivity index is 1.51. The number of fused-ring (bicyclic) bond motifs is 1. The molecule has 1 fully saturated rings. The van der Waals surface area contributed by atoms with E-state index in [1.807, 2.05) is 0 Å². The number of carbonyl (C=O) groups excluding carboxylic acids is 2. The normalized spacial score (nSPS) is 19.2. The Morgan fingerprint density at radius 1 is 1.19 bits per heavy atom. The highest BCUT2D eigenvalue weighted by Gasteiger charge is 2.34. The molecule has 2 aromatic rings. The second-order valence-electron chi connectivity index (χ2n) is 7.69. The fourth-order valence-electron chi connectivity index (χ4n) is 3.59. The van der Waals surface area contributed by atoms with Crippen molar-refractivity contribution in [1.29, 1.82) is 0 Å². The van der Waals surface area contributed by atoms with Gasteiger partial charge in [-0.3, -0.25) is 9.59 Å². The molecule has 170 valence electrons. The van der Waals surface area contributed by atoms with Crippen molar-refractivity contribution in [3.05, 3.63) is 52.3 Å². The molecule has 0 aromatic heterocycles. The van der Waals surface area contributed by atoms with E-state index in [4.69, 9.17) is 16.3 Å². The highest BCUT2D eigenvalue weighted by molar-refractivity contribution is 7.89. The molecule has 2 heterocycles. The van der Waals surface area contributed by atoms with E-state index < -0.39 is 21.9 Å². The SMILES string of the molecule is Cc1ccc(C(=O)N2CCN(S(=O)(=O)c3cc4c(cc3Cl)NC(=O)C(C)O4)CC2)cc1F. The molecule has 1 N–H and O–H groups in total. The molecule has 1 atom stereocenters. The number of halogens is 2. The Hall–Kier alpha value is -2.69. The van der Waals surface area contributed by atoms with Crippen molar-refractivity contribution < 1.29 is 27.1 Å². The third-order valence-electron chi connectivity index (χ3n) is 5.53. The standard InChI is InChI=1S/C21H21ClFN3O5S/c1-12-3-4-14(9-16(12)23)21(28)25-5-7-26(8-6-25)32(29,30)19-11-18-17(10-15(19)22)24-20(27)13(2)31-18/h3-4,9-11,13H,5-8H2,1-2H3,(H,24,27). The van der Waals surface area contributed by atoms with Gasteiger partial charge in [0.05, 0.1) is 10.7 Å². The summed E-state index contributed by atoms with van der Waals surface area (Å²) in [7, 11) is -3.97. The third-order valence-corrected chi connectivity index (χ3v) is 7.89. The number of piperazine rings is 1. The van der Waals surface area contributed by atoms with Crippen molar-refractivity contribution >= 4 is 39.1 Å². The van der Waals surface area contributed by atoms with Crippen LogP contribution in [0.1, 0.15) is 22.8 Å². The minimum Gasteiger partial charge on any atom is -0.479 e. The molecule has 1 unspecified atom stereocenters. The van der Waals surface area contributed by atoms with Crippen LogP contribution in [0.25, 0.3) is 0 Å². The van der Waals surface area contributed by atoms with Gasteiger partial charge in [-0.25, -0.2) is 12.8 Å². The Bertz CT molecular complexity index is 1210. The molecule has 4 rings (SSSR count). The fourth-order valence-corrected chi connectivity index (χ4v) is 5.52. The quantitative estimate of drug-likeness (QED) is 0.727. The average Bonchev–Trinajstić information content (AvgIpc) is 2.76. The first-order chi connectivity index (χ1) is 15.1. The number of ether oxygens (including phenoxy) is 1. The largest absolute Gasteiger partial charge is 0.479 e. The fraction of sp³-hybridized carbons (Fsp3) is 0.333. The smallest absolute Gasteiger partial charge is 0.265 e. The lowest BCUT2D eigenvalue weighted by Crippen LogP contribution is -2.50. The number of anilines is 1. The predicted octanol–water partition coefficient (Wildman–Crippen LogP) is 2.65. The van der Waals surface area contributed by atoms with E-state index in [2.05, 4.69) is 5.32 Å². The number of hydrogen-bond acceptors (Lipinski definition) is 5. The van der Waals surface area contributed by atoms with Crippen molar-refractivity contribution in [3.63, 3.8) is 0 Å². The van der Waals surface area contributed by atoms with Gasteiger partial charge in [0.25, 0.3) is 11.8 Å². The summed E-state index contributed by atoms with van der Waals surface area (Å²) in [6.45, 7) is 3.59. The van der Waals surface area contributed by atoms with Crippen molar-refractivity contribution in [2.45, 2.75) is 24.8 Å². The van der Waals surface area contributed by atoms with Gasteiger partial charge < -0.3 is 15.0 Å². The molecule has 2 aliphatic heterocycles. The molecular formula is C21H21ClFN3O5S. The van der Waals surface area contributed by atoms with Crippen molar-refractivity contribution in [3.8, 4) is 5.75 Å². The lowest BCUT2D eigenvalue weighted by molar-refractivity contribution is -0.122. The molecular weight excluding hydrogens is 461 g/mol. The van der Waals surface area contributed by atoms with Crippen LogP contribution in [0, 0.1) is 12.7 Å². The van der Waals surface area contributed by atoms with Crippen LogP contribution in [0.15, 0.2) is 35.2 Å². The maximum atomic E-state index is 13.8. The summed E-state index contributed by atoms with van der Waals surface area (Å²) in [6.07, 6.45) is -0.764. The van der Waals surface area contributed by atoms with Crippen LogP contribution in [0.3, 0.4) is 0 Å². The summed E-state index contributed by atoms with van der Waals surface area (Å²) in [6, 6.07) is 6.92. The van der Waals surface area contributed by atoms with Crippen molar-refractivity contribution in [2.75, 3.05) is 31.5 Å². The van der Waals surface area contributed by atoms with Gasteiger partial charge in [0.1, 0.15) is 16.5 Å². The number of nitrogens with one attached hydrogen (secondary N) is 1. The van der Waals surface area contributed by atoms with Gasteiger partial charge in [-0.15, -0.1) is 0 Å². The molecule has 0 bridgehead atoms. The van der Waals surface area contributed by atoms with E-state index in [1.54, 1.807) is 19.9 Å². The second kappa shape index (κ2) is 8.34. The number of aryl methyl sites for hydroxylation is 1. The summed E-state index contributed by atoms with van der Waals surface area (Å²) in [5, 5.41) is 2.58. The summed E-state index contributed by atoms with van der Waals surface area (Å²) in [4.78, 5) is 25.8. The van der Waals surface area contributed by atoms with Crippen LogP contribution in [-0.4, -0.2) is 61.7 Å². The molecule has 2 aliphatic rings. The van der Waals surface area contributed by atoms with Crippen LogP contribution in [0.4, 0.5) is 10.1 Å². The number of benzene rings is 2. The van der Waals surface area contributed by atoms with Gasteiger partial charge in [-0.2, -0.15) is 4.31 Å². The van der Waals surface area contributed by atoms with Gasteiger partial charge in [0.2, 0.25) is 10.0 Å². The van der Waals surface area contributed by atoms with Crippen molar-refractivity contribution in [1.82, 2.24) is 9.21 Å². The number of carbonyl (C=O) groups is 2. The Labute approximate surface area is 189 Å². The number of amides is 2. The molecule has 32 heavy (non-hydrogen) atoms. The van der Waals surface area contributed by atoms with E-state index in [1.165, 1.54) is 33.5 Å². The minimum absolute atomic E-state index is 0.0455. The molecule has 11 heteroatoms. The molecule has 0 spiro atoms. The third kappa shape index (κ3) is 4.05. The van der Waals surface area contributed by atoms with Gasteiger partial charge in [0.15, 0.2) is 6.10 Å². The van der Waals surface area contributed by atoms with Crippen molar-refractivity contribution in [2.24, 2.45) is 0 Å². The number of hydrogen-bond donors (Lipinski definition) is 1. The van der Waals surface area contributed by atoms with Gasteiger partial charge >= 0.3 is 0 Å². The van der Waals surface area contributed by atoms with Gasteiger partial charge in [0, 0.05) is 37.8 Å². The molecule has 2 aromatic carbocycles. The second-order valence-corrected chi connectivity index (χ2v) is 10.0. The highest BCUT2D eigenvalue weighted by atomic mass is 35.5. The summed E-state index contributed by atoms with van der Waals surface area (Å²) < 4.78 is 47.0. The Kier molecular flexibility index (Phi) is 5.87. The van der Waals surface area contributed by atoms with Crippen LogP contribution in [0.5, 0.6) is 5.75 Å². The molecule has 8 nitrogen and oxygen atoms in total. The highest BCUT2D eigenvalue weighted by Crippen LogP contribution is 2.38. The summed E-state index contributed by atoms with van der Waals surface area (Å²) in [5.74, 6) is -0.952. The lowest BCUT2D eigenvalue weighted by atomic mass is 10.1. The molecule has 0 saturated carbocycles. The van der Waals surface area contributed by atoms with E-state index in [0.717, 1.165) is 0 Å². The molecule has 1 saturated heterocycles. The maximum Gasteiger partial charge on any atom is 0.265 e. The maximum absolute atomic E-state index is 13.8. The first-order valence-electron chi connectivity index (χ1n) is 9.94. The van der Waals surface area contributed by atoms with Gasteiger partial charge in [-0.1, -0.05) is 17.7 Å². The van der Waals surface area contributed by atoms with E-state index >= 15 is 0 Å². The van der Waals surface area contributed by atoms with Crippen LogP contribution in [-0.2, 0) is 14.8 Å². The first kappa shape index (κ1) is 22.5. The monoisotopic (exact) mass is 481 g/mol. The molecule has 2 amide bonds.